The number of unbranched alkanes of at least 4 members (excludes halogenated alkanes) is 28. The summed E-state index contributed by atoms with van der Waals surface area (Å²) in [6, 6.07) is 0. The van der Waals surface area contributed by atoms with Gasteiger partial charge in [0.2, 0.25) is 0 Å². The first-order valence-electron chi connectivity index (χ1n) is 18.6. The van der Waals surface area contributed by atoms with E-state index in [1.54, 1.807) is 0 Å². The van der Waals surface area contributed by atoms with Crippen molar-refractivity contribution in [1.82, 2.24) is 0 Å². The lowest BCUT2D eigenvalue weighted by Gasteiger charge is -2.06. The molecule has 0 aliphatic carbocycles. The van der Waals surface area contributed by atoms with Crippen molar-refractivity contribution in [3.05, 3.63) is 12.2 Å². The lowest BCUT2D eigenvalue weighted by molar-refractivity contribution is -0.143. The molecular weight excluding hydrogens is 488 g/mol. The lowest BCUT2D eigenvalue weighted by atomic mass is 10.0. The molecule has 0 rings (SSSR count). The summed E-state index contributed by atoms with van der Waals surface area (Å²) >= 11 is 0. The minimum atomic E-state index is 0.0174. The van der Waals surface area contributed by atoms with E-state index in [2.05, 4.69) is 26.0 Å². The molecule has 40 heavy (non-hydrogen) atoms. The number of hydrogen-bond acceptors (Lipinski definition) is 2. The second kappa shape index (κ2) is 36.2. The largest absolute Gasteiger partial charge is 0.466 e. The zero-order chi connectivity index (χ0) is 29.0. The lowest BCUT2D eigenvalue weighted by Crippen LogP contribution is -2.05. The Morgan fingerprint density at radius 3 is 1.10 bits per heavy atom. The third-order valence-corrected chi connectivity index (χ3v) is 8.40. The first-order valence-corrected chi connectivity index (χ1v) is 18.6. The van der Waals surface area contributed by atoms with Crippen molar-refractivity contribution in [3.8, 4) is 0 Å². The van der Waals surface area contributed by atoms with Crippen molar-refractivity contribution in [1.29, 1.82) is 0 Å². The van der Waals surface area contributed by atoms with E-state index in [0.29, 0.717) is 13.0 Å². The van der Waals surface area contributed by atoms with Gasteiger partial charge in [0.05, 0.1) is 6.61 Å². The molecule has 0 heterocycles. The quantitative estimate of drug-likeness (QED) is 0.0443. The molecule has 2 nitrogen and oxygen atoms in total. The first kappa shape index (κ1) is 39.2. The van der Waals surface area contributed by atoms with Gasteiger partial charge in [0.1, 0.15) is 0 Å². The maximum absolute atomic E-state index is 11.9. The molecule has 0 saturated heterocycles. The van der Waals surface area contributed by atoms with Crippen molar-refractivity contribution in [2.45, 2.75) is 219 Å². The smallest absolute Gasteiger partial charge is 0.305 e. The Morgan fingerprint density at radius 1 is 0.400 bits per heavy atom. The summed E-state index contributed by atoms with van der Waals surface area (Å²) < 4.78 is 5.44. The van der Waals surface area contributed by atoms with Gasteiger partial charge >= 0.3 is 5.97 Å². The fourth-order valence-corrected chi connectivity index (χ4v) is 5.60. The van der Waals surface area contributed by atoms with Crippen LogP contribution in [0, 0.1) is 0 Å². The highest BCUT2D eigenvalue weighted by Crippen LogP contribution is 2.15. The van der Waals surface area contributed by atoms with E-state index in [9.17, 15) is 4.79 Å². The van der Waals surface area contributed by atoms with Gasteiger partial charge in [0.15, 0.2) is 0 Å². The van der Waals surface area contributed by atoms with E-state index in [0.717, 1.165) is 19.3 Å². The summed E-state index contributed by atoms with van der Waals surface area (Å²) in [5.74, 6) is 0.0174. The second-order valence-electron chi connectivity index (χ2n) is 12.6. The average molecular weight is 563 g/mol. The summed E-state index contributed by atoms with van der Waals surface area (Å²) in [5, 5.41) is 0. The van der Waals surface area contributed by atoms with E-state index in [1.807, 2.05) is 0 Å². The van der Waals surface area contributed by atoms with Crippen LogP contribution in [0.15, 0.2) is 12.2 Å². The normalized spacial score (nSPS) is 11.6. The van der Waals surface area contributed by atoms with Crippen LogP contribution in [-0.4, -0.2) is 12.6 Å². The third kappa shape index (κ3) is 35.2. The second-order valence-corrected chi connectivity index (χ2v) is 12.6. The van der Waals surface area contributed by atoms with Gasteiger partial charge in [-0.25, -0.2) is 0 Å². The molecule has 0 aromatic heterocycles. The zero-order valence-corrected chi connectivity index (χ0v) is 27.8. The molecule has 238 valence electrons. The number of carbonyl (C=O) groups is 1. The average Bonchev–Trinajstić information content (AvgIpc) is 2.96. The molecule has 2 heteroatoms. The van der Waals surface area contributed by atoms with Crippen molar-refractivity contribution < 1.29 is 9.53 Å². The summed E-state index contributed by atoms with van der Waals surface area (Å²) in [6.07, 6.45) is 47.1. The topological polar surface area (TPSA) is 26.3 Å². The fraction of sp³-hybridized carbons (Fsp3) is 0.921. The van der Waals surface area contributed by atoms with Gasteiger partial charge in [0.25, 0.3) is 0 Å². The highest BCUT2D eigenvalue weighted by Gasteiger charge is 2.02. The monoisotopic (exact) mass is 563 g/mol. The van der Waals surface area contributed by atoms with Gasteiger partial charge in [0, 0.05) is 6.42 Å². The van der Waals surface area contributed by atoms with E-state index < -0.39 is 0 Å². The number of hydrogen-bond donors (Lipinski definition) is 0. The Bertz CT molecular complexity index is 498. The standard InChI is InChI=1S/C38H74O2/c1-3-5-7-9-11-13-15-17-18-19-20-21-22-23-25-27-29-31-33-35-37-40-38(39)36-34-32-30-28-26-24-16-14-12-10-8-6-4-2/h14,16H,3-13,15,17-37H2,1-2H3/b16-14-. The van der Waals surface area contributed by atoms with Gasteiger partial charge in [-0.1, -0.05) is 187 Å². The van der Waals surface area contributed by atoms with Crippen molar-refractivity contribution in [2.75, 3.05) is 6.61 Å². The fourth-order valence-electron chi connectivity index (χ4n) is 5.60. The minimum Gasteiger partial charge on any atom is -0.466 e. The Labute approximate surface area is 253 Å². The molecule has 0 aromatic carbocycles. The Balaban J connectivity index is 3.16. The summed E-state index contributed by atoms with van der Waals surface area (Å²) in [7, 11) is 0. The molecule has 0 saturated carbocycles. The highest BCUT2D eigenvalue weighted by atomic mass is 16.5. The molecule has 0 atom stereocenters. The van der Waals surface area contributed by atoms with Gasteiger partial charge < -0.3 is 4.74 Å². The predicted octanol–water partition coefficient (Wildman–Crippen LogP) is 13.6. The van der Waals surface area contributed by atoms with Crippen LogP contribution in [0.25, 0.3) is 0 Å². The summed E-state index contributed by atoms with van der Waals surface area (Å²) in [5.41, 5.74) is 0. The van der Waals surface area contributed by atoms with Crippen molar-refractivity contribution >= 4 is 5.97 Å². The Morgan fingerprint density at radius 2 is 0.700 bits per heavy atom. The van der Waals surface area contributed by atoms with Crippen LogP contribution in [0.2, 0.25) is 0 Å². The van der Waals surface area contributed by atoms with E-state index in [-0.39, 0.29) is 5.97 Å². The number of allylic oxidation sites excluding steroid dienone is 2. The van der Waals surface area contributed by atoms with Crippen LogP contribution in [0.5, 0.6) is 0 Å². The van der Waals surface area contributed by atoms with Crippen molar-refractivity contribution in [3.63, 3.8) is 0 Å². The van der Waals surface area contributed by atoms with Crippen LogP contribution in [0.3, 0.4) is 0 Å². The molecule has 0 bridgehead atoms. The Hall–Kier alpha value is -0.790. The van der Waals surface area contributed by atoms with Gasteiger partial charge in [-0.05, 0) is 38.5 Å². The molecule has 0 amide bonds. The van der Waals surface area contributed by atoms with Gasteiger partial charge in [-0.15, -0.1) is 0 Å². The van der Waals surface area contributed by atoms with Gasteiger partial charge in [-0.3, -0.25) is 4.79 Å². The van der Waals surface area contributed by atoms with E-state index in [4.69, 9.17) is 4.74 Å². The highest BCUT2D eigenvalue weighted by molar-refractivity contribution is 5.69. The molecule has 0 fully saturated rings. The SMILES string of the molecule is CCCCCC/C=C\CCCCCCCC(=O)OCCCCCCCCCCCCCCCCCCCCCC. The summed E-state index contributed by atoms with van der Waals surface area (Å²) in [6.45, 7) is 5.19. The number of ether oxygens (including phenoxy) is 1. The minimum absolute atomic E-state index is 0.0174. The van der Waals surface area contributed by atoms with Crippen LogP contribution < -0.4 is 0 Å². The van der Waals surface area contributed by atoms with Crippen LogP contribution in [0.4, 0.5) is 0 Å². The number of rotatable bonds is 34. The molecule has 0 aromatic rings. The zero-order valence-electron chi connectivity index (χ0n) is 27.8. The molecule has 0 aliphatic rings. The Kier molecular flexibility index (Phi) is 35.5. The molecule has 0 radical (unpaired) electrons. The van der Waals surface area contributed by atoms with E-state index >= 15 is 0 Å². The first-order chi connectivity index (χ1) is 19.8. The van der Waals surface area contributed by atoms with Crippen LogP contribution in [-0.2, 0) is 9.53 Å². The van der Waals surface area contributed by atoms with Crippen molar-refractivity contribution in [2.24, 2.45) is 0 Å². The number of carbonyl (C=O) groups excluding carboxylic acids is 1. The maximum atomic E-state index is 11.9. The predicted molar refractivity (Wildman–Crippen MR) is 179 cm³/mol. The van der Waals surface area contributed by atoms with Crippen LogP contribution in [0.1, 0.15) is 219 Å². The number of esters is 1. The molecular formula is C38H74O2. The molecule has 0 spiro atoms. The molecule has 0 aliphatic heterocycles. The van der Waals surface area contributed by atoms with Crippen LogP contribution >= 0.6 is 0 Å². The maximum Gasteiger partial charge on any atom is 0.305 e. The molecule has 0 N–H and O–H groups in total. The molecule has 0 unspecified atom stereocenters. The third-order valence-electron chi connectivity index (χ3n) is 8.40. The van der Waals surface area contributed by atoms with E-state index in [1.165, 1.54) is 180 Å². The van der Waals surface area contributed by atoms with Gasteiger partial charge in [-0.2, -0.15) is 0 Å². The summed E-state index contributed by atoms with van der Waals surface area (Å²) in [4.78, 5) is 11.9.